The van der Waals surface area contributed by atoms with Crippen molar-refractivity contribution in [3.8, 4) is 0 Å². The third kappa shape index (κ3) is 4.53. The first kappa shape index (κ1) is 17.0. The fourth-order valence-electron chi connectivity index (χ4n) is 2.29. The van der Waals surface area contributed by atoms with Gasteiger partial charge < -0.3 is 19.7 Å². The fourth-order valence-corrected chi connectivity index (χ4v) is 2.29. The number of carbonyl (C=O) groups excluding carboxylic acids is 3. The standard InChI is InChI=1S/C16H20N2O5/c1-2-23-16(21)14(19)17-13(12-6-4-3-5-7-12)15(20)18-8-10-22-11-9-18/h3-7,13H,2,8-11H2,1H3,(H,17,19)/t13-/m0/s1. The first-order valence-corrected chi connectivity index (χ1v) is 7.52. The first-order chi connectivity index (χ1) is 11.1. The summed E-state index contributed by atoms with van der Waals surface area (Å²) in [4.78, 5) is 37.8. The molecule has 0 unspecified atom stereocenters. The van der Waals surface area contributed by atoms with E-state index in [0.29, 0.717) is 31.9 Å². The van der Waals surface area contributed by atoms with Crippen LogP contribution >= 0.6 is 0 Å². The molecule has 1 atom stereocenters. The quantitative estimate of drug-likeness (QED) is 0.636. The van der Waals surface area contributed by atoms with Gasteiger partial charge in [-0.25, -0.2) is 4.79 Å². The van der Waals surface area contributed by atoms with Gasteiger partial charge in [-0.15, -0.1) is 0 Å². The van der Waals surface area contributed by atoms with E-state index in [1.54, 1.807) is 36.1 Å². The Kier molecular flexibility index (Phi) is 6.10. The summed E-state index contributed by atoms with van der Waals surface area (Å²) < 4.78 is 9.90. The molecule has 1 aliphatic rings. The number of amides is 2. The minimum absolute atomic E-state index is 0.0969. The van der Waals surface area contributed by atoms with Gasteiger partial charge in [0.2, 0.25) is 5.91 Å². The number of hydrogen-bond acceptors (Lipinski definition) is 5. The third-order valence-electron chi connectivity index (χ3n) is 3.44. The summed E-state index contributed by atoms with van der Waals surface area (Å²) in [6.07, 6.45) is 0. The summed E-state index contributed by atoms with van der Waals surface area (Å²) in [5.74, 6) is -2.19. The Morgan fingerprint density at radius 1 is 1.22 bits per heavy atom. The van der Waals surface area contributed by atoms with Crippen molar-refractivity contribution >= 4 is 17.8 Å². The van der Waals surface area contributed by atoms with E-state index in [9.17, 15) is 14.4 Å². The molecular formula is C16H20N2O5. The maximum atomic E-state index is 12.7. The number of hydrogen-bond donors (Lipinski definition) is 1. The van der Waals surface area contributed by atoms with Crippen LogP contribution < -0.4 is 5.32 Å². The van der Waals surface area contributed by atoms with Crippen LogP contribution in [0.25, 0.3) is 0 Å². The average molecular weight is 320 g/mol. The van der Waals surface area contributed by atoms with Crippen molar-refractivity contribution in [3.63, 3.8) is 0 Å². The molecule has 0 aliphatic carbocycles. The zero-order valence-corrected chi connectivity index (χ0v) is 13.0. The van der Waals surface area contributed by atoms with E-state index in [0.717, 1.165) is 0 Å². The summed E-state index contributed by atoms with van der Waals surface area (Å²) in [6, 6.07) is 7.89. The second-order valence-corrected chi connectivity index (χ2v) is 4.98. The van der Waals surface area contributed by atoms with Crippen LogP contribution in [0.4, 0.5) is 0 Å². The average Bonchev–Trinajstić information content (AvgIpc) is 2.60. The lowest BCUT2D eigenvalue weighted by atomic mass is 10.1. The van der Waals surface area contributed by atoms with Crippen molar-refractivity contribution in [2.24, 2.45) is 0 Å². The van der Waals surface area contributed by atoms with Gasteiger partial charge in [-0.05, 0) is 12.5 Å². The molecule has 1 aromatic rings. The van der Waals surface area contributed by atoms with Gasteiger partial charge in [0.05, 0.1) is 19.8 Å². The molecule has 1 fully saturated rings. The second kappa shape index (κ2) is 8.28. The molecule has 1 N–H and O–H groups in total. The predicted octanol–water partition coefficient (Wildman–Crippen LogP) is 0.266. The fraction of sp³-hybridized carbons (Fsp3) is 0.438. The summed E-state index contributed by atoms with van der Waals surface area (Å²) >= 11 is 0. The van der Waals surface area contributed by atoms with E-state index in [2.05, 4.69) is 10.1 Å². The molecule has 124 valence electrons. The van der Waals surface area contributed by atoms with Crippen LogP contribution in [0.3, 0.4) is 0 Å². The van der Waals surface area contributed by atoms with E-state index in [4.69, 9.17) is 4.74 Å². The van der Waals surface area contributed by atoms with Crippen LogP contribution in [0.1, 0.15) is 18.5 Å². The zero-order valence-electron chi connectivity index (χ0n) is 13.0. The van der Waals surface area contributed by atoms with Gasteiger partial charge in [0, 0.05) is 13.1 Å². The SMILES string of the molecule is CCOC(=O)C(=O)N[C@H](C(=O)N1CCOCC1)c1ccccc1. The lowest BCUT2D eigenvalue weighted by molar-refractivity contribution is -0.155. The lowest BCUT2D eigenvalue weighted by Crippen LogP contribution is -2.48. The van der Waals surface area contributed by atoms with E-state index in [-0.39, 0.29) is 12.5 Å². The van der Waals surface area contributed by atoms with Crippen LogP contribution in [0, 0.1) is 0 Å². The highest BCUT2D eigenvalue weighted by atomic mass is 16.5. The Bertz CT molecular complexity index is 555. The Morgan fingerprint density at radius 3 is 2.48 bits per heavy atom. The van der Waals surface area contributed by atoms with Crippen molar-refractivity contribution in [1.82, 2.24) is 10.2 Å². The topological polar surface area (TPSA) is 84.9 Å². The maximum Gasteiger partial charge on any atom is 0.396 e. The molecule has 0 bridgehead atoms. The van der Waals surface area contributed by atoms with Crippen LogP contribution in [0.2, 0.25) is 0 Å². The molecule has 1 aliphatic heterocycles. The van der Waals surface area contributed by atoms with Crippen LogP contribution in [-0.2, 0) is 23.9 Å². The number of nitrogens with one attached hydrogen (secondary N) is 1. The van der Waals surface area contributed by atoms with Gasteiger partial charge in [-0.2, -0.15) is 0 Å². The number of nitrogens with zero attached hydrogens (tertiary/aromatic N) is 1. The van der Waals surface area contributed by atoms with Crippen molar-refractivity contribution in [1.29, 1.82) is 0 Å². The van der Waals surface area contributed by atoms with Crippen molar-refractivity contribution in [2.45, 2.75) is 13.0 Å². The number of benzene rings is 1. The van der Waals surface area contributed by atoms with Gasteiger partial charge in [-0.1, -0.05) is 30.3 Å². The molecule has 7 nitrogen and oxygen atoms in total. The monoisotopic (exact) mass is 320 g/mol. The number of ether oxygens (including phenoxy) is 2. The predicted molar refractivity (Wildman–Crippen MR) is 81.4 cm³/mol. The minimum Gasteiger partial charge on any atom is -0.459 e. The highest BCUT2D eigenvalue weighted by Gasteiger charge is 2.30. The molecule has 0 spiro atoms. The van der Waals surface area contributed by atoms with E-state index in [1.807, 2.05) is 6.07 Å². The Morgan fingerprint density at radius 2 is 1.87 bits per heavy atom. The van der Waals surface area contributed by atoms with Gasteiger partial charge in [0.15, 0.2) is 0 Å². The maximum absolute atomic E-state index is 12.7. The summed E-state index contributed by atoms with van der Waals surface area (Å²) in [5, 5.41) is 2.47. The zero-order chi connectivity index (χ0) is 16.7. The smallest absolute Gasteiger partial charge is 0.396 e. The highest BCUT2D eigenvalue weighted by molar-refractivity contribution is 6.32. The van der Waals surface area contributed by atoms with Crippen LogP contribution in [0.5, 0.6) is 0 Å². The van der Waals surface area contributed by atoms with Crippen molar-refractivity contribution in [2.75, 3.05) is 32.9 Å². The highest BCUT2D eigenvalue weighted by Crippen LogP contribution is 2.17. The normalized spacial score (nSPS) is 15.6. The molecule has 2 amide bonds. The molecule has 7 heteroatoms. The molecule has 1 heterocycles. The number of rotatable bonds is 4. The summed E-state index contributed by atoms with van der Waals surface area (Å²) in [6.45, 7) is 3.53. The second-order valence-electron chi connectivity index (χ2n) is 4.98. The van der Waals surface area contributed by atoms with E-state index < -0.39 is 17.9 Å². The van der Waals surface area contributed by atoms with Crippen LogP contribution in [0.15, 0.2) is 30.3 Å². The first-order valence-electron chi connectivity index (χ1n) is 7.52. The molecule has 0 radical (unpaired) electrons. The Balaban J connectivity index is 2.16. The molecule has 1 saturated heterocycles. The molecule has 0 aromatic heterocycles. The Hall–Kier alpha value is -2.41. The Labute approximate surface area is 134 Å². The van der Waals surface area contributed by atoms with Gasteiger partial charge in [0.1, 0.15) is 6.04 Å². The van der Waals surface area contributed by atoms with Crippen molar-refractivity contribution in [3.05, 3.63) is 35.9 Å². The largest absolute Gasteiger partial charge is 0.459 e. The molecule has 23 heavy (non-hydrogen) atoms. The molecule has 0 saturated carbocycles. The van der Waals surface area contributed by atoms with Gasteiger partial charge >= 0.3 is 11.9 Å². The van der Waals surface area contributed by atoms with Crippen LogP contribution in [-0.4, -0.2) is 55.6 Å². The molecule has 2 rings (SSSR count). The van der Waals surface area contributed by atoms with Crippen molar-refractivity contribution < 1.29 is 23.9 Å². The third-order valence-corrected chi connectivity index (χ3v) is 3.44. The summed E-state index contributed by atoms with van der Waals surface area (Å²) in [7, 11) is 0. The molecule has 1 aromatic carbocycles. The van der Waals surface area contributed by atoms with E-state index >= 15 is 0 Å². The van der Waals surface area contributed by atoms with Gasteiger partial charge in [0.25, 0.3) is 0 Å². The minimum atomic E-state index is -0.997. The van der Waals surface area contributed by atoms with E-state index in [1.165, 1.54) is 0 Å². The summed E-state index contributed by atoms with van der Waals surface area (Å²) in [5.41, 5.74) is 0.613. The van der Waals surface area contributed by atoms with Gasteiger partial charge in [-0.3, -0.25) is 9.59 Å². The number of esters is 1. The number of morpholine rings is 1. The molecular weight excluding hydrogens is 300 g/mol. The lowest BCUT2D eigenvalue weighted by Gasteiger charge is -2.30. The number of carbonyl (C=O) groups is 3.